The average Bonchev–Trinajstić information content (AvgIpc) is 3.17. The Hall–Kier alpha value is -6.03. The molecule has 310 valence electrons. The highest BCUT2D eigenvalue weighted by molar-refractivity contribution is 7.85. The molecule has 15 heteroatoms. The first-order valence-electron chi connectivity index (χ1n) is 17.6. The number of hydrogen-bond acceptors (Lipinski definition) is 12. The van der Waals surface area contributed by atoms with Crippen LogP contribution in [0.3, 0.4) is 0 Å². The Balaban J connectivity index is 0.000000703. The maximum Gasteiger partial charge on any atom is 0.335 e. The second-order valence-corrected chi connectivity index (χ2v) is 13.4. The van der Waals surface area contributed by atoms with Crippen molar-refractivity contribution < 1.29 is 62.2 Å². The van der Waals surface area contributed by atoms with Crippen LogP contribution in [0.1, 0.15) is 78.4 Å². The fraction of sp³-hybridized carbons (Fsp3) is 0.238. The minimum atomic E-state index is -4.26. The number of phenols is 8. The summed E-state index contributed by atoms with van der Waals surface area (Å²) in [5, 5.41) is 75.7. The highest BCUT2D eigenvalue weighted by Gasteiger charge is 2.11. The van der Waals surface area contributed by atoms with E-state index in [2.05, 4.69) is 0 Å². The maximum absolute atomic E-state index is 10.9. The molecule has 13 nitrogen and oxygen atoms in total. The number of fused-ring (bicyclic) bond motifs is 2. The van der Waals surface area contributed by atoms with Gasteiger partial charge in [0.25, 0.3) is 10.1 Å². The smallest absolute Gasteiger partial charge is 0.335 e. The van der Waals surface area contributed by atoms with Gasteiger partial charge in [-0.15, -0.1) is 0 Å². The molecule has 0 unspecified atom stereocenters. The second kappa shape index (κ2) is 25.2. The highest BCUT2D eigenvalue weighted by Crippen LogP contribution is 2.32. The van der Waals surface area contributed by atoms with Crippen molar-refractivity contribution in [3.8, 4) is 46.0 Å². The van der Waals surface area contributed by atoms with E-state index in [9.17, 15) is 23.7 Å². The third kappa shape index (κ3) is 17.1. The quantitative estimate of drug-likeness (QED) is 0.0596. The van der Waals surface area contributed by atoms with Crippen molar-refractivity contribution in [3.63, 3.8) is 0 Å². The van der Waals surface area contributed by atoms with Gasteiger partial charge in [0.2, 0.25) is 0 Å². The van der Waals surface area contributed by atoms with E-state index in [4.69, 9.17) is 38.5 Å². The minimum absolute atomic E-state index is 0.0452. The SMILES string of the molecule is CC.CC.CC(C)c1ccc(O)c(O)c1.CC(C)c1ccc(O)c(O)c1.O=S(=O)(O)c1ccc2cc(O)c(O)cc2c1.O=S=O.Oc1ccc2cccc(O)c2c1. The van der Waals surface area contributed by atoms with E-state index < -0.39 is 21.7 Å². The van der Waals surface area contributed by atoms with E-state index in [1.165, 1.54) is 42.5 Å². The Bertz CT molecular complexity index is 2250. The van der Waals surface area contributed by atoms with Crippen LogP contribution < -0.4 is 0 Å². The summed E-state index contributed by atoms with van der Waals surface area (Å²) >= 11 is -0.750. The Morgan fingerprint density at radius 2 is 0.877 bits per heavy atom. The molecule has 6 aromatic carbocycles. The van der Waals surface area contributed by atoms with Crippen LogP contribution in [0.25, 0.3) is 21.5 Å². The van der Waals surface area contributed by atoms with Crippen molar-refractivity contribution in [2.45, 2.75) is 72.1 Å². The standard InChI is InChI=1S/C10H8O5S.C10H8O2.2C9H12O2.2C2H6.O2S/c11-9-4-6-1-2-8(16(13,14)15)3-7(6)5-10(9)12;11-8-5-4-7-2-1-3-10(12)9(7)6-8;2*1-6(2)7-3-4-8(10)9(11)5-7;2*1-2;1-3-2/h1-5,11-12H,(H,13,14,15);1-6,11-12H;2*3-6,10-11H,1-2H3;2*1-2H3;. The average molecular weight is 829 g/mol. The first kappa shape index (κ1) is 51.0. The fourth-order valence-electron chi connectivity index (χ4n) is 4.46. The van der Waals surface area contributed by atoms with E-state index in [-0.39, 0.29) is 50.9 Å². The Labute approximate surface area is 336 Å². The molecule has 6 aromatic rings. The molecule has 0 atom stereocenters. The predicted molar refractivity (Wildman–Crippen MR) is 224 cm³/mol. The fourth-order valence-corrected chi connectivity index (χ4v) is 4.97. The number of aromatic hydroxyl groups is 8. The number of hydrogen-bond donors (Lipinski definition) is 9. The van der Waals surface area contributed by atoms with E-state index >= 15 is 0 Å². The van der Waals surface area contributed by atoms with E-state index in [1.807, 2.05) is 61.5 Å². The first-order chi connectivity index (χ1) is 26.8. The number of rotatable bonds is 3. The lowest BCUT2D eigenvalue weighted by molar-refractivity contribution is 0.403. The van der Waals surface area contributed by atoms with Crippen LogP contribution in [-0.4, -0.2) is 62.2 Å². The summed E-state index contributed by atoms with van der Waals surface area (Å²) < 4.78 is 47.2. The largest absolute Gasteiger partial charge is 0.508 e. The molecule has 0 saturated carbocycles. The minimum Gasteiger partial charge on any atom is -0.508 e. The summed E-state index contributed by atoms with van der Waals surface area (Å²) in [6.45, 7) is 16.1. The van der Waals surface area contributed by atoms with Gasteiger partial charge in [-0.2, -0.15) is 16.8 Å². The Morgan fingerprint density at radius 1 is 0.456 bits per heavy atom. The maximum atomic E-state index is 10.9. The van der Waals surface area contributed by atoms with E-state index in [1.54, 1.807) is 54.6 Å². The van der Waals surface area contributed by atoms with Crippen LogP contribution in [0.2, 0.25) is 0 Å². The molecule has 0 aromatic heterocycles. The molecule has 0 radical (unpaired) electrons. The van der Waals surface area contributed by atoms with Crippen molar-refractivity contribution in [1.29, 1.82) is 0 Å². The van der Waals surface area contributed by atoms with Crippen LogP contribution >= 0.6 is 0 Å². The summed E-state index contributed by atoms with van der Waals surface area (Å²) in [4.78, 5) is -0.259. The summed E-state index contributed by atoms with van der Waals surface area (Å²) in [5.74, 6) is 0.277. The number of phenolic OH excluding ortho intramolecular Hbond substituents is 8. The highest BCUT2D eigenvalue weighted by atomic mass is 32.2. The molecule has 6 rings (SSSR count). The zero-order chi connectivity index (χ0) is 44.0. The molecule has 0 aliphatic carbocycles. The monoisotopic (exact) mass is 828 g/mol. The Morgan fingerprint density at radius 3 is 1.30 bits per heavy atom. The summed E-state index contributed by atoms with van der Waals surface area (Å²) in [5.41, 5.74) is 2.06. The van der Waals surface area contributed by atoms with Crippen molar-refractivity contribution in [2.75, 3.05) is 0 Å². The summed E-state index contributed by atoms with van der Waals surface area (Å²) in [6, 6.07) is 26.3. The van der Waals surface area contributed by atoms with Crippen molar-refractivity contribution in [1.82, 2.24) is 0 Å². The van der Waals surface area contributed by atoms with Gasteiger partial charge in [-0.3, -0.25) is 4.55 Å². The number of benzene rings is 6. The van der Waals surface area contributed by atoms with Gasteiger partial charge in [-0.05, 0) is 106 Å². The van der Waals surface area contributed by atoms with E-state index in [0.29, 0.717) is 28.0 Å². The molecule has 0 spiro atoms. The van der Waals surface area contributed by atoms with Gasteiger partial charge in [0.1, 0.15) is 11.5 Å². The molecule has 0 amide bonds. The van der Waals surface area contributed by atoms with Gasteiger partial charge >= 0.3 is 11.6 Å². The van der Waals surface area contributed by atoms with Crippen LogP contribution in [0, 0.1) is 0 Å². The Kier molecular flexibility index (Phi) is 22.5. The predicted octanol–water partition coefficient (Wildman–Crippen LogP) is 9.57. The molecule has 0 fully saturated rings. The lowest BCUT2D eigenvalue weighted by Crippen LogP contribution is -1.97. The normalized spacial score (nSPS) is 9.95. The molecular weight excluding hydrogens is 777 g/mol. The molecule has 0 aliphatic heterocycles. The topological polar surface area (TPSA) is 250 Å². The van der Waals surface area contributed by atoms with Crippen LogP contribution in [0.15, 0.2) is 108 Å². The lowest BCUT2D eigenvalue weighted by atomic mass is 10.0. The van der Waals surface area contributed by atoms with Crippen LogP contribution in [0.4, 0.5) is 0 Å². The van der Waals surface area contributed by atoms with Crippen LogP contribution in [-0.2, 0) is 21.7 Å². The van der Waals surface area contributed by atoms with E-state index in [0.717, 1.165) is 16.5 Å². The van der Waals surface area contributed by atoms with Crippen LogP contribution in [0.5, 0.6) is 46.0 Å². The molecule has 57 heavy (non-hydrogen) atoms. The van der Waals surface area contributed by atoms with Gasteiger partial charge in [0.05, 0.1) is 4.90 Å². The molecule has 0 saturated heterocycles. The second-order valence-electron chi connectivity index (χ2n) is 11.9. The summed E-state index contributed by atoms with van der Waals surface area (Å²) in [6.07, 6.45) is 0. The van der Waals surface area contributed by atoms with Crippen molar-refractivity contribution >= 4 is 43.2 Å². The van der Waals surface area contributed by atoms with Gasteiger partial charge in [0, 0.05) is 5.39 Å². The lowest BCUT2D eigenvalue weighted by Gasteiger charge is -2.05. The zero-order valence-corrected chi connectivity index (χ0v) is 34.6. The zero-order valence-electron chi connectivity index (χ0n) is 32.9. The van der Waals surface area contributed by atoms with Gasteiger partial charge in [0.15, 0.2) is 34.5 Å². The van der Waals surface area contributed by atoms with Gasteiger partial charge in [-0.25, -0.2) is 0 Å². The first-order valence-corrected chi connectivity index (χ1v) is 19.7. The van der Waals surface area contributed by atoms with Crippen molar-refractivity contribution in [2.24, 2.45) is 0 Å². The molecule has 0 bridgehead atoms. The third-order valence-corrected chi connectivity index (χ3v) is 8.23. The molecule has 0 heterocycles. The summed E-state index contributed by atoms with van der Waals surface area (Å²) in [7, 11) is -4.26. The van der Waals surface area contributed by atoms with Gasteiger partial charge in [-0.1, -0.05) is 91.8 Å². The third-order valence-electron chi connectivity index (χ3n) is 7.38. The van der Waals surface area contributed by atoms with Gasteiger partial charge < -0.3 is 40.9 Å². The molecule has 0 aliphatic rings. The molecular formula is C42H52O13S2. The van der Waals surface area contributed by atoms with Crippen molar-refractivity contribution in [3.05, 3.63) is 114 Å². The molecule has 9 N–H and O–H groups in total.